The van der Waals surface area contributed by atoms with E-state index < -0.39 is 0 Å². The van der Waals surface area contributed by atoms with Gasteiger partial charge in [-0.1, -0.05) is 25.0 Å². The minimum atomic E-state index is -0.248. The number of ketones is 1. The van der Waals surface area contributed by atoms with Gasteiger partial charge in [-0.2, -0.15) is 0 Å². The molecule has 0 aliphatic rings. The van der Waals surface area contributed by atoms with Crippen molar-refractivity contribution in [2.45, 2.75) is 64.7 Å². The molecule has 29 heavy (non-hydrogen) atoms. The average Bonchev–Trinajstić information content (AvgIpc) is 2.72. The highest BCUT2D eigenvalue weighted by atomic mass is 16.6. The lowest BCUT2D eigenvalue weighted by Crippen LogP contribution is -2.23. The largest absolute Gasteiger partial charge is 0.494 e. The van der Waals surface area contributed by atoms with Gasteiger partial charge in [0.1, 0.15) is 11.5 Å². The molecule has 1 aromatic rings. The van der Waals surface area contributed by atoms with E-state index in [2.05, 4.69) is 10.2 Å². The third-order valence-corrected chi connectivity index (χ3v) is 4.26. The van der Waals surface area contributed by atoms with E-state index in [1.54, 1.807) is 0 Å². The summed E-state index contributed by atoms with van der Waals surface area (Å²) in [5.41, 5.74) is 3.30. The first-order chi connectivity index (χ1) is 14.0. The van der Waals surface area contributed by atoms with Crippen LogP contribution in [0, 0.1) is 0 Å². The Kier molecular flexibility index (Phi) is 13.2. The zero-order valence-corrected chi connectivity index (χ0v) is 17.5. The molecule has 0 aliphatic carbocycles. The van der Waals surface area contributed by atoms with Crippen molar-refractivity contribution in [3.63, 3.8) is 0 Å². The summed E-state index contributed by atoms with van der Waals surface area (Å²) < 4.78 is 10.2. The Morgan fingerprint density at radius 1 is 0.966 bits per heavy atom. The maximum Gasteiger partial charge on any atom is 0.305 e. The van der Waals surface area contributed by atoms with Gasteiger partial charge in [-0.25, -0.2) is 5.48 Å². The molecule has 7 heteroatoms. The molecular formula is C22H33NO6. The molecular weight excluding hydrogens is 374 g/mol. The molecule has 0 bridgehead atoms. The molecule has 1 N–H and O–H groups in total. The number of carbonyl (C=O) groups excluding carboxylic acids is 3. The predicted octanol–water partition coefficient (Wildman–Crippen LogP) is 3.54. The van der Waals surface area contributed by atoms with Crippen molar-refractivity contribution in [3.8, 4) is 5.75 Å². The first-order valence-electron chi connectivity index (χ1n) is 10.3. The third kappa shape index (κ3) is 12.6. The number of nitrogens with one attached hydrogen (secondary N) is 1. The summed E-state index contributed by atoms with van der Waals surface area (Å²) in [6.07, 6.45) is 5.75. The second-order valence-electron chi connectivity index (χ2n) is 6.76. The van der Waals surface area contributed by atoms with Crippen LogP contribution in [0.2, 0.25) is 0 Å². The van der Waals surface area contributed by atoms with Crippen molar-refractivity contribution < 1.29 is 28.7 Å². The molecule has 1 aromatic carbocycles. The van der Waals surface area contributed by atoms with Gasteiger partial charge in [0.2, 0.25) is 5.91 Å². The fourth-order valence-electron chi connectivity index (χ4n) is 2.73. The van der Waals surface area contributed by atoms with Crippen LogP contribution in [0.25, 0.3) is 0 Å². The Balaban J connectivity index is 2.17. The molecule has 0 aliphatic heterocycles. The minimum Gasteiger partial charge on any atom is -0.494 e. The smallest absolute Gasteiger partial charge is 0.305 e. The van der Waals surface area contributed by atoms with Crippen LogP contribution in [-0.4, -0.2) is 38.0 Å². The van der Waals surface area contributed by atoms with E-state index >= 15 is 0 Å². The van der Waals surface area contributed by atoms with Crippen LogP contribution in [0.1, 0.15) is 63.9 Å². The highest BCUT2D eigenvalue weighted by molar-refractivity contribution is 5.80. The molecule has 0 aromatic heterocycles. The molecule has 0 spiro atoms. The Morgan fingerprint density at radius 3 is 2.45 bits per heavy atom. The number of unbranched alkanes of at least 4 members (excludes halogenated alkanes) is 3. The van der Waals surface area contributed by atoms with Gasteiger partial charge < -0.3 is 9.47 Å². The first-order valence-corrected chi connectivity index (χ1v) is 10.3. The van der Waals surface area contributed by atoms with Gasteiger partial charge in [-0.15, -0.1) is 0 Å². The van der Waals surface area contributed by atoms with Crippen LogP contribution in [-0.2, 0) is 30.4 Å². The van der Waals surface area contributed by atoms with E-state index in [0.29, 0.717) is 51.1 Å². The molecule has 0 heterocycles. The summed E-state index contributed by atoms with van der Waals surface area (Å²) in [6.45, 7) is 2.70. The number of ether oxygens (including phenoxy) is 2. The number of hydroxylamine groups is 1. The van der Waals surface area contributed by atoms with E-state index in [1.165, 1.54) is 7.11 Å². The van der Waals surface area contributed by atoms with E-state index in [9.17, 15) is 14.4 Å². The topological polar surface area (TPSA) is 90.9 Å². The highest BCUT2D eigenvalue weighted by Gasteiger charge is 2.06. The summed E-state index contributed by atoms with van der Waals surface area (Å²) in [6, 6.07) is 7.49. The summed E-state index contributed by atoms with van der Waals surface area (Å²) in [4.78, 5) is 39.5. The molecule has 0 unspecified atom stereocenters. The van der Waals surface area contributed by atoms with Gasteiger partial charge in [-0.05, 0) is 43.9 Å². The van der Waals surface area contributed by atoms with Gasteiger partial charge in [0, 0.05) is 25.7 Å². The molecule has 0 radical (unpaired) electrons. The van der Waals surface area contributed by atoms with Crippen LogP contribution in [0.15, 0.2) is 24.3 Å². The summed E-state index contributed by atoms with van der Waals surface area (Å²) in [5.74, 6) is 0.546. The van der Waals surface area contributed by atoms with Crippen molar-refractivity contribution >= 4 is 17.7 Å². The Bertz CT molecular complexity index is 631. The van der Waals surface area contributed by atoms with E-state index in [4.69, 9.17) is 9.57 Å². The van der Waals surface area contributed by atoms with E-state index in [-0.39, 0.29) is 17.7 Å². The molecule has 1 rings (SSSR count). The monoisotopic (exact) mass is 407 g/mol. The Labute approximate surface area is 173 Å². The van der Waals surface area contributed by atoms with Crippen molar-refractivity contribution in [1.29, 1.82) is 0 Å². The summed E-state index contributed by atoms with van der Waals surface area (Å²) in [5, 5.41) is 0. The van der Waals surface area contributed by atoms with Crippen LogP contribution in [0.4, 0.5) is 0 Å². The zero-order valence-electron chi connectivity index (χ0n) is 17.5. The maximum absolute atomic E-state index is 12.2. The van der Waals surface area contributed by atoms with Gasteiger partial charge >= 0.3 is 5.97 Å². The molecule has 0 saturated carbocycles. The number of hydrogen-bond acceptors (Lipinski definition) is 6. The number of esters is 1. The van der Waals surface area contributed by atoms with Crippen LogP contribution >= 0.6 is 0 Å². The quantitative estimate of drug-likeness (QED) is 0.256. The molecule has 1 amide bonds. The minimum absolute atomic E-state index is 0.102. The molecule has 0 fully saturated rings. The normalized spacial score (nSPS) is 10.4. The zero-order chi connectivity index (χ0) is 21.3. The standard InChI is InChI=1S/C22H33NO6/c1-3-29-23-21(25)13-7-5-4-6-11-19(24)16-18-10-8-12-20(17-18)28-15-9-14-22(26)27-2/h8,10,12,17H,3-7,9,11,13-16H2,1-2H3,(H,23,25). The third-order valence-electron chi connectivity index (χ3n) is 4.26. The SMILES string of the molecule is CCONC(=O)CCCCCCC(=O)Cc1cccc(OCCCC(=O)OC)c1. The number of methoxy groups -OCH3 is 1. The number of hydrogen-bond donors (Lipinski definition) is 1. The van der Waals surface area contributed by atoms with Crippen LogP contribution in [0.3, 0.4) is 0 Å². The van der Waals surface area contributed by atoms with Gasteiger partial charge in [0.05, 0.1) is 20.3 Å². The number of amides is 1. The predicted molar refractivity (Wildman–Crippen MR) is 109 cm³/mol. The fourth-order valence-corrected chi connectivity index (χ4v) is 2.73. The summed E-state index contributed by atoms with van der Waals surface area (Å²) in [7, 11) is 1.37. The van der Waals surface area contributed by atoms with Crippen molar-refractivity contribution in [2.24, 2.45) is 0 Å². The Hall–Kier alpha value is -2.41. The number of Topliss-reactive ketones (excluding diaryl/α,β-unsaturated/α-hetero) is 1. The Morgan fingerprint density at radius 2 is 1.72 bits per heavy atom. The highest BCUT2D eigenvalue weighted by Crippen LogP contribution is 2.16. The van der Waals surface area contributed by atoms with Gasteiger partial charge in [-0.3, -0.25) is 19.2 Å². The van der Waals surface area contributed by atoms with Gasteiger partial charge in [0.15, 0.2) is 0 Å². The number of rotatable bonds is 16. The van der Waals surface area contributed by atoms with E-state index in [1.807, 2.05) is 31.2 Å². The van der Waals surface area contributed by atoms with Gasteiger partial charge in [0.25, 0.3) is 0 Å². The van der Waals surface area contributed by atoms with Crippen molar-refractivity contribution in [2.75, 3.05) is 20.3 Å². The second kappa shape index (κ2) is 15.5. The molecule has 162 valence electrons. The number of carbonyl (C=O) groups is 3. The van der Waals surface area contributed by atoms with E-state index in [0.717, 1.165) is 31.2 Å². The van der Waals surface area contributed by atoms with Crippen molar-refractivity contribution in [1.82, 2.24) is 5.48 Å². The maximum atomic E-state index is 12.2. The summed E-state index contributed by atoms with van der Waals surface area (Å²) >= 11 is 0. The second-order valence-corrected chi connectivity index (χ2v) is 6.76. The molecule has 0 saturated heterocycles. The van der Waals surface area contributed by atoms with Crippen LogP contribution < -0.4 is 10.2 Å². The lowest BCUT2D eigenvalue weighted by Gasteiger charge is -2.08. The fraction of sp³-hybridized carbons (Fsp3) is 0.591. The molecule has 7 nitrogen and oxygen atoms in total. The molecule has 0 atom stereocenters. The first kappa shape index (κ1) is 24.6. The number of benzene rings is 1. The average molecular weight is 408 g/mol. The lowest BCUT2D eigenvalue weighted by molar-refractivity contribution is -0.140. The van der Waals surface area contributed by atoms with Crippen molar-refractivity contribution in [3.05, 3.63) is 29.8 Å². The lowest BCUT2D eigenvalue weighted by atomic mass is 10.0. The van der Waals surface area contributed by atoms with Crippen LogP contribution in [0.5, 0.6) is 5.75 Å².